The average Bonchev–Trinajstić information content (AvgIpc) is 2.61. The quantitative estimate of drug-likeness (QED) is 0.666. The van der Waals surface area contributed by atoms with Crippen molar-refractivity contribution in [3.8, 4) is 22.5 Å². The first kappa shape index (κ1) is 14.0. The molecule has 0 aliphatic heterocycles. The molecule has 1 heterocycles. The van der Waals surface area contributed by atoms with Crippen molar-refractivity contribution in [3.05, 3.63) is 85.2 Å². The van der Waals surface area contributed by atoms with E-state index in [0.29, 0.717) is 0 Å². The van der Waals surface area contributed by atoms with Crippen LogP contribution in [-0.4, -0.2) is 9.97 Å². The summed E-state index contributed by atoms with van der Waals surface area (Å²) in [5.41, 5.74) is 5.83. The first-order chi connectivity index (χ1) is 10.8. The Kier molecular flexibility index (Phi) is 3.92. The number of hydrogen-bond donors (Lipinski definition) is 0. The molecule has 1 aromatic heterocycles. The second-order valence-corrected chi connectivity index (χ2v) is 4.85. The lowest BCUT2D eigenvalue weighted by Crippen LogP contribution is -1.96. The van der Waals surface area contributed by atoms with E-state index in [4.69, 9.17) is 0 Å². The fraction of sp³-hybridized carbons (Fsp3) is 0. The minimum Gasteiger partial charge on any atom is -0.236 e. The molecule has 2 nitrogen and oxygen atoms in total. The molecule has 0 aliphatic carbocycles. The third-order valence-corrected chi connectivity index (χ3v) is 3.57. The largest absolute Gasteiger partial charge is 0.236 e. The molecule has 0 aliphatic rings. The zero-order valence-corrected chi connectivity index (χ0v) is 12.2. The molecule has 0 saturated carbocycles. The molecular formula is C20H16N2. The van der Waals surface area contributed by atoms with E-state index in [1.54, 1.807) is 6.33 Å². The van der Waals surface area contributed by atoms with Crippen molar-refractivity contribution in [3.63, 3.8) is 0 Å². The van der Waals surface area contributed by atoms with Gasteiger partial charge in [-0.15, -0.1) is 0 Å². The van der Waals surface area contributed by atoms with E-state index in [1.165, 1.54) is 0 Å². The Bertz CT molecular complexity index is 820. The van der Waals surface area contributed by atoms with E-state index in [-0.39, 0.29) is 0 Å². The minimum atomic E-state index is 0.874. The van der Waals surface area contributed by atoms with Crippen LogP contribution in [0.2, 0.25) is 0 Å². The van der Waals surface area contributed by atoms with Crippen molar-refractivity contribution >= 4 is 12.2 Å². The molecule has 0 radical (unpaired) electrons. The summed E-state index contributed by atoms with van der Waals surface area (Å²) < 4.78 is 0. The SMILES string of the molecule is C=Cc1ccccc1-c1ncnc(-c2ccccc2)c1C=C. The second kappa shape index (κ2) is 6.19. The number of hydrogen-bond acceptors (Lipinski definition) is 2. The predicted octanol–water partition coefficient (Wildman–Crippen LogP) is 5.10. The summed E-state index contributed by atoms with van der Waals surface area (Å²) in [4.78, 5) is 8.94. The molecule has 3 rings (SSSR count). The van der Waals surface area contributed by atoms with Crippen LogP contribution in [-0.2, 0) is 0 Å². The van der Waals surface area contributed by atoms with Crippen molar-refractivity contribution in [1.82, 2.24) is 9.97 Å². The minimum absolute atomic E-state index is 0.874. The highest BCUT2D eigenvalue weighted by Crippen LogP contribution is 2.31. The van der Waals surface area contributed by atoms with Crippen LogP contribution in [0.3, 0.4) is 0 Å². The van der Waals surface area contributed by atoms with Crippen LogP contribution in [0, 0.1) is 0 Å². The first-order valence-corrected chi connectivity index (χ1v) is 7.10. The van der Waals surface area contributed by atoms with Gasteiger partial charge in [0.15, 0.2) is 0 Å². The summed E-state index contributed by atoms with van der Waals surface area (Å²) in [7, 11) is 0. The van der Waals surface area contributed by atoms with Gasteiger partial charge in [-0.2, -0.15) is 0 Å². The monoisotopic (exact) mass is 284 g/mol. The van der Waals surface area contributed by atoms with Crippen LogP contribution in [0.1, 0.15) is 11.1 Å². The summed E-state index contributed by atoms with van der Waals surface area (Å²) in [6, 6.07) is 18.1. The highest BCUT2D eigenvalue weighted by atomic mass is 14.8. The zero-order valence-electron chi connectivity index (χ0n) is 12.2. The van der Waals surface area contributed by atoms with Crippen molar-refractivity contribution in [2.75, 3.05) is 0 Å². The van der Waals surface area contributed by atoms with Gasteiger partial charge in [-0.1, -0.05) is 79.9 Å². The Morgan fingerprint density at radius 1 is 0.727 bits per heavy atom. The third kappa shape index (κ3) is 2.47. The Balaban J connectivity index is 2.26. The second-order valence-electron chi connectivity index (χ2n) is 4.85. The third-order valence-electron chi connectivity index (χ3n) is 3.57. The Morgan fingerprint density at radius 3 is 2.14 bits per heavy atom. The van der Waals surface area contributed by atoms with E-state index in [1.807, 2.05) is 66.7 Å². The van der Waals surface area contributed by atoms with Gasteiger partial charge in [0.25, 0.3) is 0 Å². The van der Waals surface area contributed by atoms with Crippen LogP contribution in [0.4, 0.5) is 0 Å². The smallest absolute Gasteiger partial charge is 0.116 e. The summed E-state index contributed by atoms with van der Waals surface area (Å²) >= 11 is 0. The number of benzene rings is 2. The molecule has 0 unspecified atom stereocenters. The van der Waals surface area contributed by atoms with Crippen LogP contribution in [0.25, 0.3) is 34.7 Å². The van der Waals surface area contributed by atoms with Gasteiger partial charge < -0.3 is 0 Å². The average molecular weight is 284 g/mol. The first-order valence-electron chi connectivity index (χ1n) is 7.10. The molecule has 3 aromatic rings. The van der Waals surface area contributed by atoms with Gasteiger partial charge in [0.1, 0.15) is 6.33 Å². The lowest BCUT2D eigenvalue weighted by atomic mass is 9.97. The molecule has 0 amide bonds. The summed E-state index contributed by atoms with van der Waals surface area (Å²) in [5.74, 6) is 0. The zero-order chi connectivity index (χ0) is 15.4. The Labute approximate surface area is 130 Å². The van der Waals surface area contributed by atoms with Gasteiger partial charge in [-0.05, 0) is 5.56 Å². The molecule has 2 heteroatoms. The van der Waals surface area contributed by atoms with Crippen molar-refractivity contribution in [1.29, 1.82) is 0 Å². The number of aromatic nitrogens is 2. The molecule has 0 N–H and O–H groups in total. The highest BCUT2D eigenvalue weighted by molar-refractivity contribution is 5.84. The molecule has 2 aromatic carbocycles. The van der Waals surface area contributed by atoms with E-state index in [9.17, 15) is 0 Å². The lowest BCUT2D eigenvalue weighted by Gasteiger charge is -2.12. The van der Waals surface area contributed by atoms with Crippen LogP contribution < -0.4 is 0 Å². The molecule has 106 valence electrons. The fourth-order valence-corrected chi connectivity index (χ4v) is 2.52. The number of nitrogens with zero attached hydrogens (tertiary/aromatic N) is 2. The molecule has 22 heavy (non-hydrogen) atoms. The van der Waals surface area contributed by atoms with Gasteiger partial charge in [0, 0.05) is 16.7 Å². The molecule has 0 spiro atoms. The van der Waals surface area contributed by atoms with Gasteiger partial charge in [-0.3, -0.25) is 0 Å². The summed E-state index contributed by atoms with van der Waals surface area (Å²) in [6.45, 7) is 7.84. The van der Waals surface area contributed by atoms with Crippen LogP contribution in [0.5, 0.6) is 0 Å². The molecule has 0 bridgehead atoms. The molecule has 0 saturated heterocycles. The van der Waals surface area contributed by atoms with Crippen LogP contribution >= 0.6 is 0 Å². The van der Waals surface area contributed by atoms with Gasteiger partial charge in [-0.25, -0.2) is 9.97 Å². The maximum Gasteiger partial charge on any atom is 0.116 e. The van der Waals surface area contributed by atoms with E-state index in [0.717, 1.165) is 33.6 Å². The van der Waals surface area contributed by atoms with Gasteiger partial charge >= 0.3 is 0 Å². The summed E-state index contributed by atoms with van der Waals surface area (Å²) in [6.07, 6.45) is 5.26. The van der Waals surface area contributed by atoms with E-state index < -0.39 is 0 Å². The predicted molar refractivity (Wildman–Crippen MR) is 93.1 cm³/mol. The fourth-order valence-electron chi connectivity index (χ4n) is 2.52. The van der Waals surface area contributed by atoms with Crippen molar-refractivity contribution < 1.29 is 0 Å². The standard InChI is InChI=1S/C20H16N2/c1-3-15-10-8-9-13-18(15)20-17(4-2)19(21-14-22-20)16-11-6-5-7-12-16/h3-14H,1-2H2. The maximum atomic E-state index is 4.48. The Hall–Kier alpha value is -3.00. The summed E-state index contributed by atoms with van der Waals surface area (Å²) in [5, 5.41) is 0. The van der Waals surface area contributed by atoms with Crippen molar-refractivity contribution in [2.24, 2.45) is 0 Å². The highest BCUT2D eigenvalue weighted by Gasteiger charge is 2.13. The van der Waals surface area contributed by atoms with E-state index in [2.05, 4.69) is 23.1 Å². The van der Waals surface area contributed by atoms with Gasteiger partial charge in [0.2, 0.25) is 0 Å². The normalized spacial score (nSPS) is 10.2. The lowest BCUT2D eigenvalue weighted by molar-refractivity contribution is 1.17. The van der Waals surface area contributed by atoms with Crippen molar-refractivity contribution in [2.45, 2.75) is 0 Å². The maximum absolute atomic E-state index is 4.48. The van der Waals surface area contributed by atoms with Gasteiger partial charge in [0.05, 0.1) is 11.4 Å². The Morgan fingerprint density at radius 2 is 1.41 bits per heavy atom. The van der Waals surface area contributed by atoms with E-state index >= 15 is 0 Å². The van der Waals surface area contributed by atoms with Crippen LogP contribution in [0.15, 0.2) is 74.1 Å². The molecular weight excluding hydrogens is 268 g/mol. The molecule has 0 atom stereocenters. The molecule has 0 fully saturated rings. The topological polar surface area (TPSA) is 25.8 Å². The number of rotatable bonds is 4.